The summed E-state index contributed by atoms with van der Waals surface area (Å²) in [4.78, 5) is 24.8. The molecule has 0 bridgehead atoms. The predicted octanol–water partition coefficient (Wildman–Crippen LogP) is 0.409. The molecule has 0 aromatic carbocycles. The van der Waals surface area contributed by atoms with Gasteiger partial charge in [0.2, 0.25) is 5.95 Å². The number of nitrogens with one attached hydrogen (secondary N) is 2. The van der Waals surface area contributed by atoms with Crippen LogP contribution >= 0.6 is 0 Å². The van der Waals surface area contributed by atoms with Crippen molar-refractivity contribution in [1.29, 1.82) is 0 Å². The maximum atomic E-state index is 12.6. The summed E-state index contributed by atoms with van der Waals surface area (Å²) in [5.74, 6) is 1.02. The largest absolute Gasteiger partial charge is 0.348 e. The van der Waals surface area contributed by atoms with Crippen molar-refractivity contribution in [3.05, 3.63) is 18.5 Å². The lowest BCUT2D eigenvalue weighted by Gasteiger charge is -2.35. The molecule has 6 heteroatoms. The normalized spacial score (nSPS) is 22.0. The van der Waals surface area contributed by atoms with Gasteiger partial charge in [-0.25, -0.2) is 9.97 Å². The second kappa shape index (κ2) is 8.42. The van der Waals surface area contributed by atoms with Crippen LogP contribution in [-0.2, 0) is 4.79 Å². The molecule has 1 aliphatic heterocycles. The highest BCUT2D eigenvalue weighted by Crippen LogP contribution is 2.17. The summed E-state index contributed by atoms with van der Waals surface area (Å²) < 4.78 is 0. The van der Waals surface area contributed by atoms with Crippen molar-refractivity contribution in [3.8, 4) is 0 Å². The third-order valence-electron chi connectivity index (χ3n) is 5.45. The molecule has 1 aliphatic carbocycles. The van der Waals surface area contributed by atoms with E-state index in [1.54, 1.807) is 12.4 Å². The van der Waals surface area contributed by atoms with Crippen LogP contribution in [0.1, 0.15) is 45.4 Å². The minimum absolute atomic E-state index is 0.0205. The Morgan fingerprint density at radius 1 is 1.17 bits per heavy atom. The summed E-state index contributed by atoms with van der Waals surface area (Å²) in [5, 5.41) is 3.30. The number of carbonyl (C=O) groups is 1. The highest BCUT2D eigenvalue weighted by atomic mass is 16.2. The van der Waals surface area contributed by atoms with E-state index < -0.39 is 0 Å². The fourth-order valence-electron chi connectivity index (χ4n) is 3.82. The maximum absolute atomic E-state index is 12.6. The van der Waals surface area contributed by atoms with Gasteiger partial charge in [-0.2, -0.15) is 0 Å². The molecule has 1 atom stereocenters. The van der Waals surface area contributed by atoms with E-state index in [9.17, 15) is 4.79 Å². The Bertz CT molecular complexity index is 507. The minimum Gasteiger partial charge on any atom is -0.348 e. The van der Waals surface area contributed by atoms with Gasteiger partial charge < -0.3 is 15.1 Å². The van der Waals surface area contributed by atoms with Crippen molar-refractivity contribution in [3.63, 3.8) is 0 Å². The molecule has 3 rings (SSSR count). The zero-order valence-electron chi connectivity index (χ0n) is 14.7. The topological polar surface area (TPSA) is 62.6 Å². The van der Waals surface area contributed by atoms with Gasteiger partial charge in [-0.3, -0.25) is 4.79 Å². The first-order chi connectivity index (χ1) is 11.7. The lowest BCUT2D eigenvalue weighted by Crippen LogP contribution is -3.19. The first-order valence-corrected chi connectivity index (χ1v) is 9.41. The van der Waals surface area contributed by atoms with Crippen LogP contribution < -0.4 is 15.1 Å². The van der Waals surface area contributed by atoms with Crippen molar-refractivity contribution >= 4 is 11.9 Å². The zero-order chi connectivity index (χ0) is 16.8. The smallest absolute Gasteiger partial charge is 0.278 e. The number of piperazine rings is 1. The van der Waals surface area contributed by atoms with Gasteiger partial charge in [-0.1, -0.05) is 25.7 Å². The number of amides is 1. The maximum Gasteiger partial charge on any atom is 0.278 e. The molecule has 24 heavy (non-hydrogen) atoms. The average Bonchev–Trinajstić information content (AvgIpc) is 2.90. The van der Waals surface area contributed by atoms with Crippen molar-refractivity contribution in [2.24, 2.45) is 0 Å². The standard InChI is InChI=1S/C18H29N5O/c1-15(17(24)21-16-7-4-2-3-5-8-16)22-11-13-23(14-12-22)18-19-9-6-10-20-18/h6,9-10,15-16H,2-5,7-8,11-14H2,1H3,(H,21,24)/p+1/t15-/m0/s1. The van der Waals surface area contributed by atoms with Gasteiger partial charge in [0.15, 0.2) is 6.04 Å². The van der Waals surface area contributed by atoms with Crippen molar-refractivity contribution < 1.29 is 9.69 Å². The summed E-state index contributed by atoms with van der Waals surface area (Å²) in [6.45, 7) is 5.78. The van der Waals surface area contributed by atoms with E-state index in [1.807, 2.05) is 6.07 Å². The lowest BCUT2D eigenvalue weighted by atomic mass is 10.1. The Morgan fingerprint density at radius 2 is 1.79 bits per heavy atom. The molecule has 1 amide bonds. The molecular formula is C18H30N5O+. The molecule has 2 N–H and O–H groups in total. The second-order valence-electron chi connectivity index (χ2n) is 7.11. The van der Waals surface area contributed by atoms with Crippen molar-refractivity contribution in [2.45, 2.75) is 57.5 Å². The minimum atomic E-state index is 0.0205. The summed E-state index contributed by atoms with van der Waals surface area (Å²) in [6.07, 6.45) is 11.0. The SMILES string of the molecule is C[C@@H](C(=O)NC1CCCCCC1)[NH+]1CCN(c2ncccn2)CC1. The summed E-state index contributed by atoms with van der Waals surface area (Å²) >= 11 is 0. The average molecular weight is 332 g/mol. The molecule has 2 aliphatic rings. The first-order valence-electron chi connectivity index (χ1n) is 9.41. The fourth-order valence-corrected chi connectivity index (χ4v) is 3.82. The lowest BCUT2D eigenvalue weighted by molar-refractivity contribution is -0.914. The number of hydrogen-bond donors (Lipinski definition) is 2. The number of carbonyl (C=O) groups excluding carboxylic acids is 1. The summed E-state index contributed by atoms with van der Waals surface area (Å²) in [7, 11) is 0. The third kappa shape index (κ3) is 4.44. The number of nitrogens with zero attached hydrogens (tertiary/aromatic N) is 3. The van der Waals surface area contributed by atoms with Gasteiger partial charge in [-0.15, -0.1) is 0 Å². The summed E-state index contributed by atoms with van der Waals surface area (Å²) in [6, 6.07) is 2.25. The molecule has 2 fully saturated rings. The van der Waals surface area contributed by atoms with Gasteiger partial charge in [-0.05, 0) is 25.8 Å². The molecule has 2 heterocycles. The Hall–Kier alpha value is -1.69. The summed E-state index contributed by atoms with van der Waals surface area (Å²) in [5.41, 5.74) is 0. The van der Waals surface area contributed by atoms with Crippen LogP contribution in [0.4, 0.5) is 5.95 Å². The van der Waals surface area contributed by atoms with Crippen LogP contribution in [-0.4, -0.2) is 54.1 Å². The molecule has 1 saturated carbocycles. The van der Waals surface area contributed by atoms with Crippen LogP contribution in [0.25, 0.3) is 0 Å². The highest BCUT2D eigenvalue weighted by Gasteiger charge is 2.30. The van der Waals surface area contributed by atoms with Crippen LogP contribution in [0.3, 0.4) is 0 Å². The molecule has 6 nitrogen and oxygen atoms in total. The van der Waals surface area contributed by atoms with Gasteiger partial charge >= 0.3 is 0 Å². The van der Waals surface area contributed by atoms with E-state index in [-0.39, 0.29) is 11.9 Å². The molecule has 1 saturated heterocycles. The molecular weight excluding hydrogens is 302 g/mol. The van der Waals surface area contributed by atoms with Crippen LogP contribution in [0.5, 0.6) is 0 Å². The van der Waals surface area contributed by atoms with Crippen LogP contribution in [0.15, 0.2) is 18.5 Å². The number of quaternary nitrogens is 1. The van der Waals surface area contributed by atoms with Gasteiger partial charge in [0.05, 0.1) is 26.2 Å². The number of hydrogen-bond acceptors (Lipinski definition) is 4. The first kappa shape index (κ1) is 17.1. The molecule has 0 spiro atoms. The molecule has 1 aromatic rings. The van der Waals surface area contributed by atoms with Crippen molar-refractivity contribution in [2.75, 3.05) is 31.1 Å². The molecule has 0 unspecified atom stereocenters. The highest BCUT2D eigenvalue weighted by molar-refractivity contribution is 5.80. The van der Waals surface area contributed by atoms with E-state index in [0.29, 0.717) is 6.04 Å². The predicted molar refractivity (Wildman–Crippen MR) is 94.0 cm³/mol. The zero-order valence-corrected chi connectivity index (χ0v) is 14.7. The Kier molecular flexibility index (Phi) is 6.01. The molecule has 1 aromatic heterocycles. The quantitative estimate of drug-likeness (QED) is 0.784. The Balaban J connectivity index is 1.47. The number of rotatable bonds is 4. The number of aromatic nitrogens is 2. The Morgan fingerprint density at radius 3 is 2.42 bits per heavy atom. The van der Waals surface area contributed by atoms with E-state index in [4.69, 9.17) is 0 Å². The van der Waals surface area contributed by atoms with E-state index in [0.717, 1.165) is 45.0 Å². The van der Waals surface area contributed by atoms with Gasteiger partial charge in [0.1, 0.15) is 0 Å². The van der Waals surface area contributed by atoms with Gasteiger partial charge in [0, 0.05) is 18.4 Å². The van der Waals surface area contributed by atoms with Crippen LogP contribution in [0, 0.1) is 0 Å². The second-order valence-corrected chi connectivity index (χ2v) is 7.11. The molecule has 132 valence electrons. The monoisotopic (exact) mass is 332 g/mol. The molecule has 0 radical (unpaired) electrons. The number of anilines is 1. The Labute approximate surface area is 144 Å². The van der Waals surface area contributed by atoms with E-state index in [1.165, 1.54) is 30.6 Å². The van der Waals surface area contributed by atoms with E-state index in [2.05, 4.69) is 27.1 Å². The van der Waals surface area contributed by atoms with E-state index >= 15 is 0 Å². The van der Waals surface area contributed by atoms with Crippen LogP contribution in [0.2, 0.25) is 0 Å². The third-order valence-corrected chi connectivity index (χ3v) is 5.45. The van der Waals surface area contributed by atoms with Crippen molar-refractivity contribution in [1.82, 2.24) is 15.3 Å². The van der Waals surface area contributed by atoms with Gasteiger partial charge in [0.25, 0.3) is 5.91 Å². The fraction of sp³-hybridized carbons (Fsp3) is 0.722.